The molecule has 7 heteroatoms. The molecule has 1 aromatic carbocycles. The number of hydrogen-bond acceptors (Lipinski definition) is 5. The molecule has 7 nitrogen and oxygen atoms in total. The molecule has 1 aromatic heterocycles. The molecule has 0 aliphatic carbocycles. The molecule has 2 aromatic rings. The largest absolute Gasteiger partial charge is 0.454 e. The van der Waals surface area contributed by atoms with Gasteiger partial charge in [0.05, 0.1) is 0 Å². The van der Waals surface area contributed by atoms with Crippen LogP contribution in [0.4, 0.5) is 5.82 Å². The highest BCUT2D eigenvalue weighted by Gasteiger charge is 2.36. The standard InChI is InChI=1S/C19H19N3O4/c1-12-3-2-4-17(20-12)21-19(24)14-6-8-18(23)22(14)10-13-5-7-15-16(9-13)26-11-25-15/h2-5,7,9,14H,6,8,10-11H2,1H3,(H,20,21,24). The molecule has 26 heavy (non-hydrogen) atoms. The van der Waals surface area contributed by atoms with Gasteiger partial charge in [0.2, 0.25) is 18.6 Å². The first-order valence-corrected chi connectivity index (χ1v) is 8.53. The van der Waals surface area contributed by atoms with Gasteiger partial charge < -0.3 is 19.7 Å². The van der Waals surface area contributed by atoms with Crippen molar-refractivity contribution in [3.63, 3.8) is 0 Å². The Morgan fingerprint density at radius 2 is 2.12 bits per heavy atom. The zero-order valence-corrected chi connectivity index (χ0v) is 14.4. The van der Waals surface area contributed by atoms with Gasteiger partial charge in [-0.05, 0) is 43.2 Å². The van der Waals surface area contributed by atoms with Crippen molar-refractivity contribution in [1.82, 2.24) is 9.88 Å². The lowest BCUT2D eigenvalue weighted by molar-refractivity contribution is -0.133. The lowest BCUT2D eigenvalue weighted by Gasteiger charge is -2.24. The number of likely N-dealkylation sites (tertiary alicyclic amines) is 1. The molecule has 0 bridgehead atoms. The van der Waals surface area contributed by atoms with Gasteiger partial charge in [-0.15, -0.1) is 0 Å². The van der Waals surface area contributed by atoms with E-state index in [1.807, 2.05) is 37.3 Å². The number of carbonyl (C=O) groups is 2. The van der Waals surface area contributed by atoms with Crippen LogP contribution in [-0.4, -0.2) is 34.5 Å². The van der Waals surface area contributed by atoms with Crippen LogP contribution in [0.5, 0.6) is 11.5 Å². The average Bonchev–Trinajstić information content (AvgIpc) is 3.22. The number of aromatic nitrogens is 1. The van der Waals surface area contributed by atoms with E-state index >= 15 is 0 Å². The van der Waals surface area contributed by atoms with E-state index in [1.165, 1.54) is 0 Å². The highest BCUT2D eigenvalue weighted by atomic mass is 16.7. The van der Waals surface area contributed by atoms with Crippen molar-refractivity contribution in [2.75, 3.05) is 12.1 Å². The van der Waals surface area contributed by atoms with Crippen LogP contribution in [0.15, 0.2) is 36.4 Å². The Balaban J connectivity index is 1.49. The Morgan fingerprint density at radius 1 is 1.27 bits per heavy atom. The van der Waals surface area contributed by atoms with Crippen molar-refractivity contribution in [2.24, 2.45) is 0 Å². The highest BCUT2D eigenvalue weighted by Crippen LogP contribution is 2.33. The summed E-state index contributed by atoms with van der Waals surface area (Å²) in [6.07, 6.45) is 0.866. The number of hydrogen-bond donors (Lipinski definition) is 1. The quantitative estimate of drug-likeness (QED) is 0.912. The average molecular weight is 353 g/mol. The summed E-state index contributed by atoms with van der Waals surface area (Å²) in [5.41, 5.74) is 1.72. The molecule has 3 heterocycles. The number of anilines is 1. The molecule has 0 radical (unpaired) electrons. The van der Waals surface area contributed by atoms with E-state index in [0.717, 1.165) is 11.3 Å². The summed E-state index contributed by atoms with van der Waals surface area (Å²) in [5.74, 6) is 1.62. The van der Waals surface area contributed by atoms with E-state index < -0.39 is 6.04 Å². The van der Waals surface area contributed by atoms with Crippen molar-refractivity contribution < 1.29 is 19.1 Å². The Bertz CT molecular complexity index is 868. The maximum atomic E-state index is 12.7. The van der Waals surface area contributed by atoms with Gasteiger partial charge in [0.1, 0.15) is 11.9 Å². The number of ether oxygens (including phenoxy) is 2. The predicted octanol–water partition coefficient (Wildman–Crippen LogP) is 2.25. The van der Waals surface area contributed by atoms with E-state index in [9.17, 15) is 9.59 Å². The number of pyridine rings is 1. The smallest absolute Gasteiger partial charge is 0.248 e. The molecule has 1 fully saturated rings. The van der Waals surface area contributed by atoms with Gasteiger partial charge in [-0.2, -0.15) is 0 Å². The van der Waals surface area contributed by atoms with Gasteiger partial charge in [0.25, 0.3) is 0 Å². The lowest BCUT2D eigenvalue weighted by atomic mass is 10.1. The number of benzene rings is 1. The maximum absolute atomic E-state index is 12.7. The minimum atomic E-state index is -0.504. The predicted molar refractivity (Wildman–Crippen MR) is 93.7 cm³/mol. The van der Waals surface area contributed by atoms with Crippen molar-refractivity contribution in [2.45, 2.75) is 32.4 Å². The van der Waals surface area contributed by atoms with E-state index in [0.29, 0.717) is 36.7 Å². The van der Waals surface area contributed by atoms with Crippen molar-refractivity contribution >= 4 is 17.6 Å². The zero-order valence-electron chi connectivity index (χ0n) is 14.4. The second-order valence-corrected chi connectivity index (χ2v) is 6.42. The summed E-state index contributed by atoms with van der Waals surface area (Å²) < 4.78 is 10.7. The first kappa shape index (κ1) is 16.4. The summed E-state index contributed by atoms with van der Waals surface area (Å²) in [6.45, 7) is 2.42. The number of rotatable bonds is 4. The number of fused-ring (bicyclic) bond motifs is 1. The van der Waals surface area contributed by atoms with E-state index in [-0.39, 0.29) is 18.6 Å². The molecule has 1 unspecified atom stereocenters. The highest BCUT2D eigenvalue weighted by molar-refractivity contribution is 5.98. The number of carbonyl (C=O) groups excluding carboxylic acids is 2. The van der Waals surface area contributed by atoms with Gasteiger partial charge in [-0.3, -0.25) is 9.59 Å². The van der Waals surface area contributed by atoms with Crippen molar-refractivity contribution in [1.29, 1.82) is 0 Å². The molecule has 0 spiro atoms. The summed E-state index contributed by atoms with van der Waals surface area (Å²) in [5, 5.41) is 2.81. The second kappa shape index (κ2) is 6.67. The van der Waals surface area contributed by atoms with Crippen LogP contribution in [0, 0.1) is 6.92 Å². The number of nitrogens with one attached hydrogen (secondary N) is 1. The third-order valence-electron chi connectivity index (χ3n) is 4.56. The molecular weight excluding hydrogens is 334 g/mol. The van der Waals surface area contributed by atoms with Crippen LogP contribution in [0.2, 0.25) is 0 Å². The molecule has 1 saturated heterocycles. The van der Waals surface area contributed by atoms with Gasteiger partial charge >= 0.3 is 0 Å². The fourth-order valence-corrected chi connectivity index (χ4v) is 3.26. The third kappa shape index (κ3) is 3.20. The Kier molecular flexibility index (Phi) is 4.20. The van der Waals surface area contributed by atoms with Crippen LogP contribution in [-0.2, 0) is 16.1 Å². The van der Waals surface area contributed by atoms with Crippen LogP contribution < -0.4 is 14.8 Å². The van der Waals surface area contributed by atoms with Crippen molar-refractivity contribution in [3.05, 3.63) is 47.7 Å². The molecule has 2 aliphatic rings. The minimum absolute atomic E-state index is 0.0278. The van der Waals surface area contributed by atoms with Crippen molar-refractivity contribution in [3.8, 4) is 11.5 Å². The molecule has 134 valence electrons. The monoisotopic (exact) mass is 353 g/mol. The van der Waals surface area contributed by atoms with E-state index in [4.69, 9.17) is 9.47 Å². The van der Waals surface area contributed by atoms with Gasteiger partial charge in [0.15, 0.2) is 11.5 Å². The van der Waals surface area contributed by atoms with E-state index in [1.54, 1.807) is 11.0 Å². The molecule has 4 rings (SSSR count). The molecule has 1 atom stereocenters. The van der Waals surface area contributed by atoms with Gasteiger partial charge in [0, 0.05) is 18.7 Å². The Hall–Kier alpha value is -3.09. The van der Waals surface area contributed by atoms with E-state index in [2.05, 4.69) is 10.3 Å². The fraction of sp³-hybridized carbons (Fsp3) is 0.316. The molecule has 1 N–H and O–H groups in total. The molecule has 0 saturated carbocycles. The number of nitrogens with zero attached hydrogens (tertiary/aromatic N) is 2. The number of amides is 2. The second-order valence-electron chi connectivity index (χ2n) is 6.42. The molecular formula is C19H19N3O4. The van der Waals surface area contributed by atoms with Crippen LogP contribution in [0.3, 0.4) is 0 Å². The summed E-state index contributed by atoms with van der Waals surface area (Å²) >= 11 is 0. The molecule has 2 amide bonds. The molecule has 2 aliphatic heterocycles. The SMILES string of the molecule is Cc1cccc(NC(=O)C2CCC(=O)N2Cc2ccc3c(c2)OCO3)n1. The topological polar surface area (TPSA) is 80.8 Å². The first-order chi connectivity index (χ1) is 12.6. The number of aryl methyl sites for hydroxylation is 1. The maximum Gasteiger partial charge on any atom is 0.248 e. The van der Waals surface area contributed by atoms with Gasteiger partial charge in [-0.1, -0.05) is 12.1 Å². The normalized spacial score (nSPS) is 18.3. The summed E-state index contributed by atoms with van der Waals surface area (Å²) in [7, 11) is 0. The van der Waals surface area contributed by atoms with Gasteiger partial charge in [-0.25, -0.2) is 4.98 Å². The summed E-state index contributed by atoms with van der Waals surface area (Å²) in [4.78, 5) is 30.9. The fourth-order valence-electron chi connectivity index (χ4n) is 3.26. The Labute approximate surface area is 150 Å². The Morgan fingerprint density at radius 3 is 2.96 bits per heavy atom. The summed E-state index contributed by atoms with van der Waals surface area (Å²) in [6, 6.07) is 10.5. The first-order valence-electron chi connectivity index (χ1n) is 8.53. The van der Waals surface area contributed by atoms with Crippen LogP contribution in [0.25, 0.3) is 0 Å². The van der Waals surface area contributed by atoms with Crippen LogP contribution >= 0.6 is 0 Å². The minimum Gasteiger partial charge on any atom is -0.454 e. The van der Waals surface area contributed by atoms with Crippen LogP contribution in [0.1, 0.15) is 24.1 Å². The lowest BCUT2D eigenvalue weighted by Crippen LogP contribution is -2.41. The zero-order chi connectivity index (χ0) is 18.1. The third-order valence-corrected chi connectivity index (χ3v) is 4.56.